The van der Waals surface area contributed by atoms with Crippen LogP contribution in [0.1, 0.15) is 11.3 Å². The lowest BCUT2D eigenvalue weighted by Gasteiger charge is -2.11. The van der Waals surface area contributed by atoms with Crippen LogP contribution in [0.5, 0.6) is 0 Å². The second kappa shape index (κ2) is 5.86. The van der Waals surface area contributed by atoms with E-state index in [1.807, 2.05) is 30.3 Å². The van der Waals surface area contributed by atoms with Gasteiger partial charge in [-0.15, -0.1) is 0 Å². The van der Waals surface area contributed by atoms with Gasteiger partial charge in [-0.2, -0.15) is 0 Å². The van der Waals surface area contributed by atoms with E-state index in [0.29, 0.717) is 11.8 Å². The first kappa shape index (κ1) is 14.1. The molecule has 0 amide bonds. The third kappa shape index (κ3) is 2.66. The largest absolute Gasteiger partial charge is 0.427 e. The fourth-order valence-corrected chi connectivity index (χ4v) is 2.99. The summed E-state index contributed by atoms with van der Waals surface area (Å²) < 4.78 is 5.57. The SMILES string of the molecule is Cc1cccc(-c2c(CCBr)oc(=O)c3ccccc23)c1. The second-order valence-electron chi connectivity index (χ2n) is 5.04. The van der Waals surface area contributed by atoms with E-state index in [1.54, 1.807) is 0 Å². The Labute approximate surface area is 131 Å². The molecule has 0 N–H and O–H groups in total. The Hall–Kier alpha value is -1.87. The Morgan fingerprint density at radius 3 is 2.52 bits per heavy atom. The fraction of sp³-hybridized carbons (Fsp3) is 0.167. The maximum absolute atomic E-state index is 12.1. The van der Waals surface area contributed by atoms with E-state index in [9.17, 15) is 4.79 Å². The standard InChI is InChI=1S/C18H15BrO2/c1-12-5-4-6-13(11-12)17-14-7-2-3-8-15(14)18(20)21-16(17)9-10-19/h2-8,11H,9-10H2,1H3. The molecule has 21 heavy (non-hydrogen) atoms. The van der Waals surface area contributed by atoms with E-state index in [4.69, 9.17) is 4.42 Å². The number of fused-ring (bicyclic) bond motifs is 1. The Morgan fingerprint density at radius 2 is 1.81 bits per heavy atom. The van der Waals surface area contributed by atoms with Crippen molar-refractivity contribution in [2.24, 2.45) is 0 Å². The Kier molecular flexibility index (Phi) is 3.93. The molecule has 0 aliphatic heterocycles. The molecule has 0 aliphatic carbocycles. The summed E-state index contributed by atoms with van der Waals surface area (Å²) in [5.41, 5.74) is 3.03. The first-order valence-electron chi connectivity index (χ1n) is 6.88. The highest BCUT2D eigenvalue weighted by molar-refractivity contribution is 9.09. The molecule has 0 atom stereocenters. The third-order valence-electron chi connectivity index (χ3n) is 3.54. The molecule has 0 aliphatic rings. The molecule has 0 spiro atoms. The number of alkyl halides is 1. The van der Waals surface area contributed by atoms with Gasteiger partial charge >= 0.3 is 5.63 Å². The van der Waals surface area contributed by atoms with Gasteiger partial charge in [0.25, 0.3) is 0 Å². The van der Waals surface area contributed by atoms with Gasteiger partial charge in [0.2, 0.25) is 0 Å². The molecule has 0 saturated carbocycles. The predicted octanol–water partition coefficient (Wildman–Crippen LogP) is 4.71. The van der Waals surface area contributed by atoms with Crippen molar-refractivity contribution in [2.45, 2.75) is 13.3 Å². The van der Waals surface area contributed by atoms with Gasteiger partial charge in [-0.25, -0.2) is 4.79 Å². The van der Waals surface area contributed by atoms with Gasteiger partial charge in [-0.3, -0.25) is 0 Å². The van der Waals surface area contributed by atoms with Gasteiger partial charge in [0, 0.05) is 22.7 Å². The van der Waals surface area contributed by atoms with E-state index in [2.05, 4.69) is 41.1 Å². The fourth-order valence-electron chi connectivity index (χ4n) is 2.63. The normalized spacial score (nSPS) is 11.0. The Balaban J connectivity index is 2.40. The Bertz CT molecular complexity index is 849. The zero-order chi connectivity index (χ0) is 14.8. The summed E-state index contributed by atoms with van der Waals surface area (Å²) in [5.74, 6) is 0.737. The van der Waals surface area contributed by atoms with Crippen LogP contribution in [0.15, 0.2) is 57.7 Å². The van der Waals surface area contributed by atoms with Crippen molar-refractivity contribution in [1.82, 2.24) is 0 Å². The second-order valence-corrected chi connectivity index (χ2v) is 5.83. The van der Waals surface area contributed by atoms with Crippen LogP contribution < -0.4 is 5.63 Å². The highest BCUT2D eigenvalue weighted by Gasteiger charge is 2.14. The molecule has 3 aromatic rings. The Morgan fingerprint density at radius 1 is 1.05 bits per heavy atom. The van der Waals surface area contributed by atoms with Crippen LogP contribution in [0, 0.1) is 6.92 Å². The molecule has 3 heteroatoms. The summed E-state index contributed by atoms with van der Waals surface area (Å²) in [6.07, 6.45) is 0.684. The lowest BCUT2D eigenvalue weighted by molar-refractivity contribution is 0.476. The van der Waals surface area contributed by atoms with Crippen LogP contribution in [0.4, 0.5) is 0 Å². The molecule has 106 valence electrons. The summed E-state index contributed by atoms with van der Waals surface area (Å²) in [7, 11) is 0. The number of aryl methyl sites for hydroxylation is 2. The van der Waals surface area contributed by atoms with Gasteiger partial charge in [-0.1, -0.05) is 64.0 Å². The smallest absolute Gasteiger partial charge is 0.343 e. The maximum atomic E-state index is 12.1. The van der Waals surface area contributed by atoms with Crippen molar-refractivity contribution in [1.29, 1.82) is 0 Å². The highest BCUT2D eigenvalue weighted by Crippen LogP contribution is 2.31. The number of halogens is 1. The molecule has 2 nitrogen and oxygen atoms in total. The van der Waals surface area contributed by atoms with Crippen molar-refractivity contribution in [2.75, 3.05) is 5.33 Å². The lowest BCUT2D eigenvalue weighted by Crippen LogP contribution is -2.05. The predicted molar refractivity (Wildman–Crippen MR) is 90.2 cm³/mol. The average molecular weight is 343 g/mol. The molecule has 1 heterocycles. The van der Waals surface area contributed by atoms with Crippen LogP contribution in [-0.4, -0.2) is 5.33 Å². The molecular formula is C18H15BrO2. The number of rotatable bonds is 3. The monoisotopic (exact) mass is 342 g/mol. The average Bonchev–Trinajstić information content (AvgIpc) is 2.48. The first-order chi connectivity index (χ1) is 10.2. The van der Waals surface area contributed by atoms with E-state index in [0.717, 1.165) is 27.6 Å². The minimum Gasteiger partial charge on any atom is -0.427 e. The highest BCUT2D eigenvalue weighted by atomic mass is 79.9. The third-order valence-corrected chi connectivity index (χ3v) is 3.94. The van der Waals surface area contributed by atoms with Gasteiger partial charge in [0.15, 0.2) is 0 Å². The molecular weight excluding hydrogens is 328 g/mol. The van der Waals surface area contributed by atoms with Crippen LogP contribution in [0.2, 0.25) is 0 Å². The number of hydrogen-bond acceptors (Lipinski definition) is 2. The summed E-state index contributed by atoms with van der Waals surface area (Å²) in [6.45, 7) is 2.06. The topological polar surface area (TPSA) is 30.2 Å². The van der Waals surface area contributed by atoms with Crippen molar-refractivity contribution >= 4 is 26.7 Å². The lowest BCUT2D eigenvalue weighted by atomic mass is 9.96. The van der Waals surface area contributed by atoms with Gasteiger partial charge in [-0.05, 0) is 18.6 Å². The maximum Gasteiger partial charge on any atom is 0.343 e. The summed E-state index contributed by atoms with van der Waals surface area (Å²) in [4.78, 5) is 12.1. The van der Waals surface area contributed by atoms with Gasteiger partial charge < -0.3 is 4.42 Å². The summed E-state index contributed by atoms with van der Waals surface area (Å²) >= 11 is 3.43. The van der Waals surface area contributed by atoms with Crippen LogP contribution >= 0.6 is 15.9 Å². The molecule has 2 aromatic carbocycles. The quantitative estimate of drug-likeness (QED) is 0.645. The molecule has 0 unspecified atom stereocenters. The van der Waals surface area contributed by atoms with Gasteiger partial charge in [0.1, 0.15) is 5.76 Å². The molecule has 0 fully saturated rings. The molecule has 0 bridgehead atoms. The van der Waals surface area contributed by atoms with Crippen LogP contribution in [-0.2, 0) is 6.42 Å². The zero-order valence-corrected chi connectivity index (χ0v) is 13.3. The van der Waals surface area contributed by atoms with E-state index in [1.165, 1.54) is 5.56 Å². The zero-order valence-electron chi connectivity index (χ0n) is 11.7. The van der Waals surface area contributed by atoms with Crippen molar-refractivity contribution in [3.8, 4) is 11.1 Å². The molecule has 0 radical (unpaired) electrons. The first-order valence-corrected chi connectivity index (χ1v) is 8.00. The number of hydrogen-bond donors (Lipinski definition) is 0. The van der Waals surface area contributed by atoms with Crippen LogP contribution in [0.3, 0.4) is 0 Å². The minimum atomic E-state index is -0.266. The minimum absolute atomic E-state index is 0.266. The van der Waals surface area contributed by atoms with Crippen LogP contribution in [0.25, 0.3) is 21.9 Å². The van der Waals surface area contributed by atoms with Crippen molar-refractivity contribution in [3.05, 3.63) is 70.3 Å². The molecule has 3 rings (SSSR count). The summed E-state index contributed by atoms with van der Waals surface area (Å²) in [5, 5.41) is 2.34. The van der Waals surface area contributed by atoms with E-state index in [-0.39, 0.29) is 5.63 Å². The number of benzene rings is 2. The van der Waals surface area contributed by atoms with Crippen molar-refractivity contribution < 1.29 is 4.42 Å². The van der Waals surface area contributed by atoms with Crippen molar-refractivity contribution in [3.63, 3.8) is 0 Å². The van der Waals surface area contributed by atoms with E-state index < -0.39 is 0 Å². The molecule has 0 saturated heterocycles. The van der Waals surface area contributed by atoms with E-state index >= 15 is 0 Å². The van der Waals surface area contributed by atoms with Gasteiger partial charge in [0.05, 0.1) is 5.39 Å². The summed E-state index contributed by atoms with van der Waals surface area (Å²) in [6, 6.07) is 15.9. The molecule has 1 aromatic heterocycles.